The SMILES string of the molecule is CN(C)C(=O)Cc1c(O)nc(C(F)(F)F)[nH]c1=O. The highest BCUT2D eigenvalue weighted by molar-refractivity contribution is 5.78. The summed E-state index contributed by atoms with van der Waals surface area (Å²) in [7, 11) is 2.82. The third-order valence-corrected chi connectivity index (χ3v) is 2.09. The third kappa shape index (κ3) is 2.99. The lowest BCUT2D eigenvalue weighted by Gasteiger charge is -2.11. The van der Waals surface area contributed by atoms with Crippen LogP contribution in [0.5, 0.6) is 5.88 Å². The van der Waals surface area contributed by atoms with Crippen LogP contribution < -0.4 is 5.56 Å². The van der Waals surface area contributed by atoms with Crippen molar-refractivity contribution in [1.82, 2.24) is 14.9 Å². The molecule has 2 N–H and O–H groups in total. The van der Waals surface area contributed by atoms with Crippen LogP contribution in [0, 0.1) is 0 Å². The number of nitrogens with one attached hydrogen (secondary N) is 1. The molecule has 0 aliphatic carbocycles. The molecule has 1 heterocycles. The lowest BCUT2D eigenvalue weighted by molar-refractivity contribution is -0.145. The number of hydrogen-bond acceptors (Lipinski definition) is 4. The number of halogens is 3. The molecule has 1 aromatic heterocycles. The quantitative estimate of drug-likeness (QED) is 0.795. The number of carbonyl (C=O) groups is 1. The Labute approximate surface area is 99.1 Å². The first-order chi connectivity index (χ1) is 8.12. The van der Waals surface area contributed by atoms with E-state index < -0.39 is 41.3 Å². The molecule has 0 atom stereocenters. The first kappa shape index (κ1) is 14.0. The van der Waals surface area contributed by atoms with E-state index in [1.54, 1.807) is 0 Å². The molecule has 0 saturated heterocycles. The number of H-pyrrole nitrogens is 1. The van der Waals surface area contributed by atoms with Crippen molar-refractivity contribution in [3.8, 4) is 5.88 Å². The van der Waals surface area contributed by atoms with Crippen LogP contribution >= 0.6 is 0 Å². The summed E-state index contributed by atoms with van der Waals surface area (Å²) in [5.74, 6) is -3.25. The number of nitrogens with zero attached hydrogens (tertiary/aromatic N) is 2. The molecule has 0 aliphatic heterocycles. The first-order valence-electron chi connectivity index (χ1n) is 4.72. The maximum Gasteiger partial charge on any atom is 0.449 e. The summed E-state index contributed by atoms with van der Waals surface area (Å²) in [5.41, 5.74) is -1.69. The number of carbonyl (C=O) groups excluding carboxylic acids is 1. The van der Waals surface area contributed by atoms with Gasteiger partial charge in [-0.1, -0.05) is 0 Å². The largest absolute Gasteiger partial charge is 0.493 e. The standard InChI is InChI=1S/C9H10F3N3O3/c1-15(2)5(16)3-4-6(17)13-8(9(10,11)12)14-7(4)18/h3H2,1-2H3,(H2,13,14,17,18). The second-order valence-electron chi connectivity index (χ2n) is 3.68. The van der Waals surface area contributed by atoms with Crippen LogP contribution in [-0.2, 0) is 17.4 Å². The van der Waals surface area contributed by atoms with E-state index in [0.717, 1.165) is 4.90 Å². The fourth-order valence-corrected chi connectivity index (χ4v) is 1.09. The fraction of sp³-hybridized carbons (Fsp3) is 0.444. The Morgan fingerprint density at radius 3 is 2.39 bits per heavy atom. The minimum atomic E-state index is -4.87. The molecule has 0 saturated carbocycles. The van der Waals surface area contributed by atoms with Crippen molar-refractivity contribution in [3.63, 3.8) is 0 Å². The lowest BCUT2D eigenvalue weighted by Crippen LogP contribution is -2.28. The molecule has 0 unspecified atom stereocenters. The topological polar surface area (TPSA) is 86.3 Å². The van der Waals surface area contributed by atoms with Gasteiger partial charge in [0.25, 0.3) is 5.56 Å². The number of hydrogen-bond donors (Lipinski definition) is 2. The van der Waals surface area contributed by atoms with Gasteiger partial charge in [-0.15, -0.1) is 0 Å². The Morgan fingerprint density at radius 2 is 2.00 bits per heavy atom. The summed E-state index contributed by atoms with van der Waals surface area (Å²) < 4.78 is 36.8. The molecular formula is C9H10F3N3O3. The van der Waals surface area contributed by atoms with E-state index in [1.165, 1.54) is 19.1 Å². The van der Waals surface area contributed by atoms with Crippen molar-refractivity contribution in [1.29, 1.82) is 0 Å². The summed E-state index contributed by atoms with van der Waals surface area (Å²) in [5, 5.41) is 9.26. The predicted molar refractivity (Wildman–Crippen MR) is 53.9 cm³/mol. The molecule has 0 bridgehead atoms. The molecule has 100 valence electrons. The number of likely N-dealkylation sites (N-methyl/N-ethyl adjacent to an activating group) is 1. The zero-order valence-electron chi connectivity index (χ0n) is 9.50. The number of rotatable bonds is 2. The number of alkyl halides is 3. The Morgan fingerprint density at radius 1 is 1.44 bits per heavy atom. The van der Waals surface area contributed by atoms with E-state index in [-0.39, 0.29) is 0 Å². The Hall–Kier alpha value is -2.06. The van der Waals surface area contributed by atoms with Gasteiger partial charge in [-0.05, 0) is 0 Å². The number of aromatic nitrogens is 2. The van der Waals surface area contributed by atoms with Crippen LogP contribution in [0.25, 0.3) is 0 Å². The monoisotopic (exact) mass is 265 g/mol. The molecule has 18 heavy (non-hydrogen) atoms. The number of aromatic hydroxyl groups is 1. The van der Waals surface area contributed by atoms with Gasteiger partial charge in [0.05, 0.1) is 12.0 Å². The molecule has 1 amide bonds. The molecular weight excluding hydrogens is 255 g/mol. The van der Waals surface area contributed by atoms with Crippen molar-refractivity contribution in [2.45, 2.75) is 12.6 Å². The van der Waals surface area contributed by atoms with E-state index in [4.69, 9.17) is 0 Å². The average Bonchev–Trinajstić information content (AvgIpc) is 2.21. The molecule has 0 aromatic carbocycles. The maximum absolute atomic E-state index is 12.3. The normalized spacial score (nSPS) is 11.4. The van der Waals surface area contributed by atoms with Gasteiger partial charge in [0.1, 0.15) is 0 Å². The first-order valence-corrected chi connectivity index (χ1v) is 4.72. The van der Waals surface area contributed by atoms with Gasteiger partial charge in [0.2, 0.25) is 17.6 Å². The summed E-state index contributed by atoms with van der Waals surface area (Å²) >= 11 is 0. The smallest absolute Gasteiger partial charge is 0.449 e. The molecule has 0 radical (unpaired) electrons. The van der Waals surface area contributed by atoms with Crippen molar-refractivity contribution in [2.75, 3.05) is 14.1 Å². The minimum absolute atomic E-state index is 0.498. The van der Waals surface area contributed by atoms with E-state index in [2.05, 4.69) is 4.98 Å². The predicted octanol–water partition coefficient (Wildman–Crippen LogP) is 0.125. The van der Waals surface area contributed by atoms with Gasteiger partial charge >= 0.3 is 6.18 Å². The second kappa shape index (κ2) is 4.67. The van der Waals surface area contributed by atoms with E-state index in [0.29, 0.717) is 0 Å². The lowest BCUT2D eigenvalue weighted by atomic mass is 10.2. The summed E-state index contributed by atoms with van der Waals surface area (Å²) in [6, 6.07) is 0. The number of amides is 1. The Bertz CT molecular complexity index is 522. The van der Waals surface area contributed by atoms with Crippen molar-refractivity contribution < 1.29 is 23.1 Å². The van der Waals surface area contributed by atoms with Crippen LogP contribution in [0.3, 0.4) is 0 Å². The molecule has 1 rings (SSSR count). The highest BCUT2D eigenvalue weighted by atomic mass is 19.4. The van der Waals surface area contributed by atoms with Crippen LogP contribution in [0.1, 0.15) is 11.4 Å². The van der Waals surface area contributed by atoms with Crippen molar-refractivity contribution >= 4 is 5.91 Å². The maximum atomic E-state index is 12.3. The van der Waals surface area contributed by atoms with Gasteiger partial charge in [0.15, 0.2) is 0 Å². The van der Waals surface area contributed by atoms with Crippen molar-refractivity contribution in [3.05, 3.63) is 21.7 Å². The summed E-state index contributed by atoms with van der Waals surface area (Å²) in [6.45, 7) is 0. The van der Waals surface area contributed by atoms with Crippen LogP contribution in [0.4, 0.5) is 13.2 Å². The molecule has 0 fully saturated rings. The second-order valence-corrected chi connectivity index (χ2v) is 3.68. The van der Waals surface area contributed by atoms with Gasteiger partial charge in [-0.25, -0.2) is 0 Å². The fourth-order valence-electron chi connectivity index (χ4n) is 1.09. The van der Waals surface area contributed by atoms with E-state index in [1.807, 2.05) is 0 Å². The molecule has 6 nitrogen and oxygen atoms in total. The van der Waals surface area contributed by atoms with Crippen LogP contribution in [0.15, 0.2) is 4.79 Å². The highest BCUT2D eigenvalue weighted by Gasteiger charge is 2.35. The van der Waals surface area contributed by atoms with Gasteiger partial charge < -0.3 is 15.0 Å². The van der Waals surface area contributed by atoms with Gasteiger partial charge in [0, 0.05) is 14.1 Å². The molecule has 0 spiro atoms. The van der Waals surface area contributed by atoms with Gasteiger partial charge in [-0.2, -0.15) is 18.2 Å². The van der Waals surface area contributed by atoms with Crippen molar-refractivity contribution in [2.24, 2.45) is 0 Å². The minimum Gasteiger partial charge on any atom is -0.493 e. The van der Waals surface area contributed by atoms with Gasteiger partial charge in [-0.3, -0.25) is 9.59 Å². The molecule has 0 aliphatic rings. The molecule has 1 aromatic rings. The summed E-state index contributed by atoms with van der Waals surface area (Å²) in [6.07, 6.45) is -5.40. The number of aromatic amines is 1. The van der Waals surface area contributed by atoms with E-state index in [9.17, 15) is 27.9 Å². The third-order valence-electron chi connectivity index (χ3n) is 2.09. The van der Waals surface area contributed by atoms with Crippen LogP contribution in [-0.4, -0.2) is 40.0 Å². The Balaban J connectivity index is 3.18. The van der Waals surface area contributed by atoms with Crippen LogP contribution in [0.2, 0.25) is 0 Å². The zero-order chi connectivity index (χ0) is 14.1. The zero-order valence-corrected chi connectivity index (χ0v) is 9.50. The summed E-state index contributed by atoms with van der Waals surface area (Å²) in [4.78, 5) is 28.1. The highest BCUT2D eigenvalue weighted by Crippen LogP contribution is 2.26. The molecule has 9 heteroatoms. The Kier molecular flexibility index (Phi) is 3.63. The average molecular weight is 265 g/mol. The van der Waals surface area contributed by atoms with E-state index >= 15 is 0 Å².